The lowest BCUT2D eigenvalue weighted by Gasteiger charge is -2.03. The van der Waals surface area contributed by atoms with Gasteiger partial charge in [0.15, 0.2) is 0 Å². The van der Waals surface area contributed by atoms with Gasteiger partial charge in [0.05, 0.1) is 17.7 Å². The van der Waals surface area contributed by atoms with Crippen LogP contribution >= 0.6 is 11.5 Å². The third kappa shape index (κ3) is 2.48. The number of nitrogen functional groups attached to an aromatic ring is 1. The highest BCUT2D eigenvalue weighted by molar-refractivity contribution is 7.10. The van der Waals surface area contributed by atoms with E-state index in [-0.39, 0.29) is 6.54 Å². The number of anilines is 1. The van der Waals surface area contributed by atoms with Crippen LogP contribution in [0.4, 0.5) is 10.7 Å². The predicted octanol–water partition coefficient (Wildman–Crippen LogP) is -1.37. The largest absolute Gasteiger partial charge is 0.350 e. The molecule has 0 saturated carbocycles. The third-order valence-corrected chi connectivity index (χ3v) is 2.90. The molecule has 2 aromatic heterocycles. The van der Waals surface area contributed by atoms with Crippen molar-refractivity contribution in [1.29, 1.82) is 0 Å². The molecule has 0 spiro atoms. The summed E-state index contributed by atoms with van der Waals surface area (Å²) in [7, 11) is 0. The molecular weight excluding hydrogens is 278 g/mol. The van der Waals surface area contributed by atoms with Crippen LogP contribution in [0.5, 0.6) is 0 Å². The quantitative estimate of drug-likeness (QED) is 0.352. The van der Waals surface area contributed by atoms with Crippen molar-refractivity contribution in [2.24, 2.45) is 5.84 Å². The average Bonchev–Trinajstić information content (AvgIpc) is 2.79. The zero-order valence-corrected chi connectivity index (χ0v) is 10.0. The molecule has 0 bridgehead atoms. The minimum absolute atomic E-state index is 0.105. The topological polar surface area (TPSA) is 162 Å². The fourth-order valence-electron chi connectivity index (χ4n) is 1.33. The van der Waals surface area contributed by atoms with Crippen LogP contribution in [0.25, 0.3) is 0 Å². The highest BCUT2D eigenvalue weighted by Gasteiger charge is 2.16. The number of nitrogens with zero attached hydrogens (tertiary/aromatic N) is 4. The van der Waals surface area contributed by atoms with E-state index < -0.39 is 21.9 Å². The molecule has 0 radical (unpaired) electrons. The van der Waals surface area contributed by atoms with Crippen LogP contribution in [0.1, 0.15) is 5.69 Å². The Kier molecular flexibility index (Phi) is 3.35. The van der Waals surface area contributed by atoms with Crippen molar-refractivity contribution >= 4 is 22.2 Å². The summed E-state index contributed by atoms with van der Waals surface area (Å²) < 4.78 is 4.56. The van der Waals surface area contributed by atoms with Gasteiger partial charge in [-0.2, -0.15) is 0 Å². The van der Waals surface area contributed by atoms with Gasteiger partial charge in [0.1, 0.15) is 10.7 Å². The van der Waals surface area contributed by atoms with E-state index in [0.717, 1.165) is 22.3 Å². The molecule has 2 rings (SSSR count). The number of hydrogen-bond acceptors (Lipinski definition) is 9. The second kappa shape index (κ2) is 4.95. The summed E-state index contributed by atoms with van der Waals surface area (Å²) in [4.78, 5) is 34.3. The zero-order chi connectivity index (χ0) is 14.0. The minimum atomic E-state index is -1.06. The molecule has 0 aliphatic rings. The van der Waals surface area contributed by atoms with E-state index in [4.69, 9.17) is 5.84 Å². The Balaban J connectivity index is 2.46. The zero-order valence-electron chi connectivity index (χ0n) is 9.19. The Morgan fingerprint density at radius 1 is 1.58 bits per heavy atom. The molecule has 11 nitrogen and oxygen atoms in total. The van der Waals surface area contributed by atoms with E-state index in [1.165, 1.54) is 0 Å². The molecule has 0 saturated heterocycles. The van der Waals surface area contributed by atoms with Crippen LogP contribution in [0, 0.1) is 10.1 Å². The maximum atomic E-state index is 11.5. The molecule has 4 N–H and O–H groups in total. The van der Waals surface area contributed by atoms with Crippen molar-refractivity contribution in [2.45, 2.75) is 6.54 Å². The molecule has 0 aliphatic carbocycles. The summed E-state index contributed by atoms with van der Waals surface area (Å²) in [5.74, 6) is 5.22. The van der Waals surface area contributed by atoms with Gasteiger partial charge in [0, 0.05) is 11.5 Å². The van der Waals surface area contributed by atoms with Crippen molar-refractivity contribution in [2.75, 3.05) is 5.43 Å². The first-order chi connectivity index (χ1) is 9.02. The van der Waals surface area contributed by atoms with E-state index in [0.29, 0.717) is 10.7 Å². The molecule has 0 unspecified atom stereocenters. The standard InChI is InChI=1S/C7H7N7O4S/c8-10-6-3(11-12-19-6)1-13-2-4(14(17)18)5(15)9-7(13)16/h2,10H,1,8H2,(H,9,15,16). The van der Waals surface area contributed by atoms with E-state index in [1.54, 1.807) is 0 Å². The third-order valence-electron chi connectivity index (χ3n) is 2.20. The Bertz CT molecular complexity index is 732. The van der Waals surface area contributed by atoms with Gasteiger partial charge >= 0.3 is 16.9 Å². The van der Waals surface area contributed by atoms with E-state index in [9.17, 15) is 19.7 Å². The van der Waals surface area contributed by atoms with Gasteiger partial charge in [-0.05, 0) is 0 Å². The average molecular weight is 285 g/mol. The Hall–Kier alpha value is -2.60. The maximum absolute atomic E-state index is 11.5. The summed E-state index contributed by atoms with van der Waals surface area (Å²) >= 11 is 0.970. The molecule has 100 valence electrons. The smallest absolute Gasteiger partial charge is 0.313 e. The van der Waals surface area contributed by atoms with Gasteiger partial charge in [-0.15, -0.1) is 5.10 Å². The fourth-order valence-corrected chi connectivity index (χ4v) is 1.81. The monoisotopic (exact) mass is 285 g/mol. The number of aromatic amines is 1. The number of nitro groups is 1. The lowest BCUT2D eigenvalue weighted by atomic mass is 10.4. The highest BCUT2D eigenvalue weighted by atomic mass is 32.1. The van der Waals surface area contributed by atoms with Crippen molar-refractivity contribution in [3.8, 4) is 0 Å². The number of H-pyrrole nitrogens is 1. The number of rotatable bonds is 4. The van der Waals surface area contributed by atoms with Crippen LogP contribution in [-0.4, -0.2) is 24.1 Å². The summed E-state index contributed by atoms with van der Waals surface area (Å²) in [6.07, 6.45) is 0.848. The van der Waals surface area contributed by atoms with E-state index in [2.05, 4.69) is 15.0 Å². The SMILES string of the molecule is NNc1snnc1Cn1cc([N+](=O)[O-])c(=O)[nH]c1=O. The van der Waals surface area contributed by atoms with Gasteiger partial charge < -0.3 is 5.43 Å². The first-order valence-corrected chi connectivity index (χ1v) is 5.56. The van der Waals surface area contributed by atoms with Crippen LogP contribution in [0.2, 0.25) is 0 Å². The first kappa shape index (κ1) is 12.8. The van der Waals surface area contributed by atoms with Crippen LogP contribution in [0.3, 0.4) is 0 Å². The molecule has 19 heavy (non-hydrogen) atoms. The molecule has 2 heterocycles. The van der Waals surface area contributed by atoms with E-state index >= 15 is 0 Å². The molecule has 2 aromatic rings. The molecular formula is C7H7N7O4S. The van der Waals surface area contributed by atoms with Crippen LogP contribution < -0.4 is 22.5 Å². The Morgan fingerprint density at radius 2 is 2.32 bits per heavy atom. The van der Waals surface area contributed by atoms with Gasteiger partial charge in [-0.1, -0.05) is 4.49 Å². The van der Waals surface area contributed by atoms with Gasteiger partial charge in [0.2, 0.25) is 0 Å². The summed E-state index contributed by atoms with van der Waals surface area (Å²) in [6, 6.07) is 0. The lowest BCUT2D eigenvalue weighted by molar-refractivity contribution is -0.386. The normalized spacial score (nSPS) is 10.4. The van der Waals surface area contributed by atoms with Gasteiger partial charge in [-0.25, -0.2) is 10.6 Å². The van der Waals surface area contributed by atoms with Gasteiger partial charge in [-0.3, -0.25) is 24.5 Å². The lowest BCUT2D eigenvalue weighted by Crippen LogP contribution is -2.31. The minimum Gasteiger partial charge on any atom is -0.313 e. The maximum Gasteiger partial charge on any atom is 0.350 e. The van der Waals surface area contributed by atoms with E-state index in [1.807, 2.05) is 4.98 Å². The molecule has 0 atom stereocenters. The second-order valence-electron chi connectivity index (χ2n) is 3.35. The molecule has 0 aliphatic heterocycles. The van der Waals surface area contributed by atoms with Crippen LogP contribution in [-0.2, 0) is 6.54 Å². The van der Waals surface area contributed by atoms with Crippen molar-refractivity contribution < 1.29 is 4.92 Å². The van der Waals surface area contributed by atoms with Crippen LogP contribution in [0.15, 0.2) is 15.8 Å². The molecule has 0 aromatic carbocycles. The Morgan fingerprint density at radius 3 is 2.95 bits per heavy atom. The first-order valence-electron chi connectivity index (χ1n) is 4.79. The molecule has 0 fully saturated rings. The molecule has 12 heteroatoms. The summed E-state index contributed by atoms with van der Waals surface area (Å²) in [6.45, 7) is -0.105. The number of hydrazine groups is 1. The summed E-state index contributed by atoms with van der Waals surface area (Å²) in [5.41, 5.74) is 0.0932. The number of hydrogen-bond donors (Lipinski definition) is 3. The number of aromatic nitrogens is 4. The second-order valence-corrected chi connectivity index (χ2v) is 4.11. The molecule has 0 amide bonds. The number of nitrogens with two attached hydrogens (primary N) is 1. The van der Waals surface area contributed by atoms with Crippen molar-refractivity contribution in [3.63, 3.8) is 0 Å². The highest BCUT2D eigenvalue weighted by Crippen LogP contribution is 2.16. The fraction of sp³-hybridized carbons (Fsp3) is 0.143. The van der Waals surface area contributed by atoms with Gasteiger partial charge in [0.25, 0.3) is 0 Å². The van der Waals surface area contributed by atoms with Crippen molar-refractivity contribution in [1.82, 2.24) is 19.1 Å². The number of nitrogens with one attached hydrogen (secondary N) is 2. The van der Waals surface area contributed by atoms with Crippen molar-refractivity contribution in [3.05, 3.63) is 42.8 Å². The summed E-state index contributed by atoms with van der Waals surface area (Å²) in [5, 5.41) is 14.8. The Labute approximate surface area is 108 Å². The predicted molar refractivity (Wildman–Crippen MR) is 64.8 cm³/mol.